The Labute approximate surface area is 209 Å². The van der Waals surface area contributed by atoms with Crippen LogP contribution in [0.4, 0.5) is 5.13 Å². The Morgan fingerprint density at radius 1 is 1.15 bits per heavy atom. The molecule has 33 heavy (non-hydrogen) atoms. The van der Waals surface area contributed by atoms with Gasteiger partial charge in [0.05, 0.1) is 11.4 Å². The Kier molecular flexibility index (Phi) is 6.82. The van der Waals surface area contributed by atoms with Crippen LogP contribution in [0.15, 0.2) is 40.2 Å². The van der Waals surface area contributed by atoms with Gasteiger partial charge in [-0.3, -0.25) is 4.79 Å². The van der Waals surface area contributed by atoms with E-state index in [1.54, 1.807) is 0 Å². The molecule has 0 aliphatic heterocycles. The van der Waals surface area contributed by atoms with Crippen molar-refractivity contribution in [3.63, 3.8) is 0 Å². The maximum atomic E-state index is 12.6. The SMILES string of the molecule is CCn1c(SCC(=O)Nc2nc(-c3ccc(Cl)cc3)cs2)nnc1-c1csc2c1CCCC2. The van der Waals surface area contributed by atoms with E-state index in [-0.39, 0.29) is 11.7 Å². The summed E-state index contributed by atoms with van der Waals surface area (Å²) in [7, 11) is 0. The number of hydrogen-bond acceptors (Lipinski definition) is 7. The molecule has 1 aromatic carbocycles. The molecular weight excluding hydrogens is 494 g/mol. The fraction of sp³-hybridized carbons (Fsp3) is 0.304. The van der Waals surface area contributed by atoms with Crippen molar-refractivity contribution in [3.05, 3.63) is 50.5 Å². The molecule has 0 spiro atoms. The number of carbonyl (C=O) groups is 1. The van der Waals surface area contributed by atoms with Gasteiger partial charge in [0, 0.05) is 38.3 Å². The lowest BCUT2D eigenvalue weighted by atomic mass is 9.96. The normalized spacial score (nSPS) is 13.2. The molecule has 0 bridgehead atoms. The summed E-state index contributed by atoms with van der Waals surface area (Å²) in [6.07, 6.45) is 4.78. The van der Waals surface area contributed by atoms with Crippen LogP contribution >= 0.6 is 46.0 Å². The number of halogens is 1. The number of amides is 1. The highest BCUT2D eigenvalue weighted by Crippen LogP contribution is 2.37. The Hall–Kier alpha value is -2.20. The molecule has 6 nitrogen and oxygen atoms in total. The molecule has 4 aromatic rings. The van der Waals surface area contributed by atoms with Gasteiger partial charge in [0.25, 0.3) is 0 Å². The van der Waals surface area contributed by atoms with Crippen molar-refractivity contribution in [2.45, 2.75) is 44.3 Å². The lowest BCUT2D eigenvalue weighted by Crippen LogP contribution is -2.14. The average molecular weight is 516 g/mol. The molecule has 0 radical (unpaired) electrons. The van der Waals surface area contributed by atoms with Gasteiger partial charge in [-0.1, -0.05) is 35.5 Å². The summed E-state index contributed by atoms with van der Waals surface area (Å²) in [6, 6.07) is 7.49. The smallest absolute Gasteiger partial charge is 0.236 e. The quantitative estimate of drug-likeness (QED) is 0.288. The van der Waals surface area contributed by atoms with E-state index >= 15 is 0 Å². The summed E-state index contributed by atoms with van der Waals surface area (Å²) < 4.78 is 2.11. The number of benzene rings is 1. The molecule has 1 N–H and O–H groups in total. The van der Waals surface area contributed by atoms with E-state index in [4.69, 9.17) is 11.6 Å². The zero-order chi connectivity index (χ0) is 22.8. The first kappa shape index (κ1) is 22.6. The van der Waals surface area contributed by atoms with Crippen LogP contribution in [-0.4, -0.2) is 31.4 Å². The van der Waals surface area contributed by atoms with Crippen LogP contribution in [-0.2, 0) is 24.2 Å². The first-order valence-electron chi connectivity index (χ1n) is 10.8. The Morgan fingerprint density at radius 3 is 2.79 bits per heavy atom. The van der Waals surface area contributed by atoms with Crippen molar-refractivity contribution >= 4 is 57.1 Å². The number of fused-ring (bicyclic) bond motifs is 1. The molecule has 0 atom stereocenters. The first-order chi connectivity index (χ1) is 16.1. The number of aromatic nitrogens is 4. The molecule has 1 amide bonds. The predicted octanol–water partition coefficient (Wildman–Crippen LogP) is 6.41. The molecule has 1 aliphatic rings. The third kappa shape index (κ3) is 4.87. The van der Waals surface area contributed by atoms with Crippen molar-refractivity contribution in [2.24, 2.45) is 0 Å². The molecule has 1 aliphatic carbocycles. The highest BCUT2D eigenvalue weighted by atomic mass is 35.5. The summed E-state index contributed by atoms with van der Waals surface area (Å²) in [6.45, 7) is 2.84. The topological polar surface area (TPSA) is 72.7 Å². The molecule has 0 saturated heterocycles. The fourth-order valence-electron chi connectivity index (χ4n) is 3.93. The molecule has 5 rings (SSSR count). The number of thiazole rings is 1. The molecule has 3 heterocycles. The molecule has 170 valence electrons. The van der Waals surface area contributed by atoms with E-state index in [0.717, 1.165) is 35.2 Å². The number of aryl methyl sites for hydroxylation is 1. The number of thioether (sulfide) groups is 1. The summed E-state index contributed by atoms with van der Waals surface area (Å²) in [5, 5.41) is 17.9. The zero-order valence-electron chi connectivity index (χ0n) is 18.0. The van der Waals surface area contributed by atoms with Gasteiger partial charge >= 0.3 is 0 Å². The van der Waals surface area contributed by atoms with Gasteiger partial charge in [-0.2, -0.15) is 0 Å². The van der Waals surface area contributed by atoms with Gasteiger partial charge in [-0.15, -0.1) is 32.9 Å². The molecule has 0 saturated carbocycles. The van der Waals surface area contributed by atoms with Crippen LogP contribution in [0.3, 0.4) is 0 Å². The third-order valence-electron chi connectivity index (χ3n) is 5.56. The predicted molar refractivity (Wildman–Crippen MR) is 138 cm³/mol. The largest absolute Gasteiger partial charge is 0.302 e. The lowest BCUT2D eigenvalue weighted by Gasteiger charge is -2.13. The molecule has 10 heteroatoms. The number of rotatable bonds is 7. The Morgan fingerprint density at radius 2 is 1.97 bits per heavy atom. The second-order valence-corrected chi connectivity index (χ2v) is 10.9. The van der Waals surface area contributed by atoms with Crippen molar-refractivity contribution < 1.29 is 4.79 Å². The number of carbonyl (C=O) groups excluding carboxylic acids is 1. The lowest BCUT2D eigenvalue weighted by molar-refractivity contribution is -0.113. The molecular formula is C23H22ClN5OS3. The number of anilines is 1. The van der Waals surface area contributed by atoms with Gasteiger partial charge in [-0.05, 0) is 50.3 Å². The minimum Gasteiger partial charge on any atom is -0.302 e. The van der Waals surface area contributed by atoms with Gasteiger partial charge in [-0.25, -0.2) is 4.98 Å². The number of hydrogen-bond donors (Lipinski definition) is 1. The molecule has 0 unspecified atom stereocenters. The van der Waals surface area contributed by atoms with Crippen LogP contribution in [0.2, 0.25) is 5.02 Å². The number of nitrogens with one attached hydrogen (secondary N) is 1. The summed E-state index contributed by atoms with van der Waals surface area (Å²) in [5.74, 6) is 1.04. The molecule has 3 aromatic heterocycles. The minimum atomic E-state index is -0.114. The number of nitrogens with zero attached hydrogens (tertiary/aromatic N) is 4. The number of thiophene rings is 1. The van der Waals surface area contributed by atoms with Crippen LogP contribution in [0.5, 0.6) is 0 Å². The Balaban J connectivity index is 1.24. The van der Waals surface area contributed by atoms with Gasteiger partial charge in [0.2, 0.25) is 5.91 Å². The van der Waals surface area contributed by atoms with Crippen LogP contribution in [0.1, 0.15) is 30.2 Å². The minimum absolute atomic E-state index is 0.114. The van der Waals surface area contributed by atoms with E-state index in [1.807, 2.05) is 41.0 Å². The summed E-state index contributed by atoms with van der Waals surface area (Å²) in [4.78, 5) is 18.6. The first-order valence-corrected chi connectivity index (χ1v) is 13.9. The zero-order valence-corrected chi connectivity index (χ0v) is 21.2. The molecule has 0 fully saturated rings. The van der Waals surface area contributed by atoms with E-state index in [9.17, 15) is 4.79 Å². The van der Waals surface area contributed by atoms with Crippen molar-refractivity contribution in [1.29, 1.82) is 0 Å². The maximum absolute atomic E-state index is 12.6. The average Bonchev–Trinajstić information content (AvgIpc) is 3.56. The summed E-state index contributed by atoms with van der Waals surface area (Å²) >= 11 is 10.6. The van der Waals surface area contributed by atoms with Gasteiger partial charge in [0.1, 0.15) is 0 Å². The van der Waals surface area contributed by atoms with E-state index < -0.39 is 0 Å². The van der Waals surface area contributed by atoms with Crippen molar-refractivity contribution in [1.82, 2.24) is 19.7 Å². The van der Waals surface area contributed by atoms with E-state index in [1.165, 1.54) is 58.4 Å². The fourth-order valence-corrected chi connectivity index (χ4v) is 6.72. The Bertz CT molecular complexity index is 1280. The highest BCUT2D eigenvalue weighted by Gasteiger charge is 2.22. The third-order valence-corrected chi connectivity index (χ3v) is 8.62. The second kappa shape index (κ2) is 9.97. The van der Waals surface area contributed by atoms with Crippen LogP contribution in [0.25, 0.3) is 22.6 Å². The van der Waals surface area contributed by atoms with Crippen molar-refractivity contribution in [2.75, 3.05) is 11.1 Å². The monoisotopic (exact) mass is 515 g/mol. The van der Waals surface area contributed by atoms with E-state index in [0.29, 0.717) is 10.2 Å². The van der Waals surface area contributed by atoms with Crippen LogP contribution < -0.4 is 5.32 Å². The summed E-state index contributed by atoms with van der Waals surface area (Å²) in [5.41, 5.74) is 4.42. The van der Waals surface area contributed by atoms with Crippen LogP contribution in [0, 0.1) is 0 Å². The van der Waals surface area contributed by atoms with Crippen molar-refractivity contribution in [3.8, 4) is 22.6 Å². The maximum Gasteiger partial charge on any atom is 0.236 e. The second-order valence-electron chi connectivity index (χ2n) is 7.69. The highest BCUT2D eigenvalue weighted by molar-refractivity contribution is 7.99. The van der Waals surface area contributed by atoms with E-state index in [2.05, 4.69) is 37.4 Å². The van der Waals surface area contributed by atoms with Gasteiger partial charge < -0.3 is 9.88 Å². The standard InChI is InChI=1S/C23H22ClN5OS3/c1-2-29-21(17-11-31-19-6-4-3-5-16(17)19)27-28-23(29)33-13-20(30)26-22-25-18(12-32-22)14-7-9-15(24)10-8-14/h7-12H,2-6,13H2,1H3,(H,25,26,30). The van der Waals surface area contributed by atoms with Gasteiger partial charge in [0.15, 0.2) is 16.1 Å².